The zero-order valence-electron chi connectivity index (χ0n) is 12.1. The molecule has 3 aromatic rings. The summed E-state index contributed by atoms with van der Waals surface area (Å²) in [6.07, 6.45) is 3.06. The van der Waals surface area contributed by atoms with E-state index in [0.29, 0.717) is 17.0 Å². The van der Waals surface area contributed by atoms with E-state index in [0.717, 1.165) is 0 Å². The number of pyridine rings is 2. The van der Waals surface area contributed by atoms with E-state index in [1.165, 1.54) is 10.9 Å². The Bertz CT molecular complexity index is 940. The van der Waals surface area contributed by atoms with Crippen molar-refractivity contribution in [1.29, 1.82) is 0 Å². The molecule has 3 heterocycles. The van der Waals surface area contributed by atoms with E-state index >= 15 is 0 Å². The third kappa shape index (κ3) is 2.23. The molecule has 0 saturated heterocycles. The lowest BCUT2D eigenvalue weighted by atomic mass is 10.1. The van der Waals surface area contributed by atoms with Gasteiger partial charge in [0.25, 0.3) is 5.56 Å². The number of halogens is 2. The molecule has 0 radical (unpaired) electrons. The molecule has 0 fully saturated rings. The first-order valence-electron chi connectivity index (χ1n) is 6.43. The lowest BCUT2D eigenvalue weighted by Gasteiger charge is -2.11. The van der Waals surface area contributed by atoms with Gasteiger partial charge < -0.3 is 9.72 Å². The van der Waals surface area contributed by atoms with Crippen LogP contribution in [0.15, 0.2) is 17.2 Å². The van der Waals surface area contributed by atoms with Gasteiger partial charge in [0.05, 0.1) is 12.4 Å². The van der Waals surface area contributed by atoms with E-state index < -0.39 is 11.4 Å². The number of ether oxygens (including phenoxy) is 1. The van der Waals surface area contributed by atoms with Crippen LogP contribution in [0.3, 0.4) is 0 Å². The normalized spacial score (nSPS) is 11.1. The number of hydrogen-bond donors (Lipinski definition) is 1. The van der Waals surface area contributed by atoms with Gasteiger partial charge in [-0.2, -0.15) is 10.1 Å². The Balaban J connectivity index is 2.33. The van der Waals surface area contributed by atoms with Crippen molar-refractivity contribution in [3.8, 4) is 11.6 Å². The monoisotopic (exact) mass is 322 g/mol. The van der Waals surface area contributed by atoms with Gasteiger partial charge in [-0.3, -0.25) is 9.48 Å². The van der Waals surface area contributed by atoms with E-state index in [9.17, 15) is 9.18 Å². The fraction of sp³-hybridized carbons (Fsp3) is 0.214. The largest absolute Gasteiger partial charge is 0.435 e. The van der Waals surface area contributed by atoms with Gasteiger partial charge in [-0.1, -0.05) is 11.6 Å². The maximum atomic E-state index is 14.3. The molecule has 8 heteroatoms. The minimum atomic E-state index is -0.734. The fourth-order valence-corrected chi connectivity index (χ4v) is 2.40. The standard InChI is InChI=1S/C14H12ClFN4O2/c1-6-7(2)18-13(21)10-9(6)11(16)12(15)19-14(10)22-8-4-17-20(3)5-8/h4-5H,1-3H3,(H,18,21). The molecule has 0 bridgehead atoms. The number of aryl methyl sites for hydroxylation is 3. The number of nitrogens with one attached hydrogen (secondary N) is 1. The topological polar surface area (TPSA) is 72.8 Å². The molecular formula is C14H12ClFN4O2. The van der Waals surface area contributed by atoms with Gasteiger partial charge in [0.15, 0.2) is 16.7 Å². The number of aromatic nitrogens is 4. The molecule has 0 unspecified atom stereocenters. The Morgan fingerprint density at radius 3 is 2.73 bits per heavy atom. The van der Waals surface area contributed by atoms with Gasteiger partial charge in [-0.15, -0.1) is 0 Å². The number of hydrogen-bond acceptors (Lipinski definition) is 4. The summed E-state index contributed by atoms with van der Waals surface area (Å²) in [5.41, 5.74) is 0.651. The van der Waals surface area contributed by atoms with Crippen LogP contribution < -0.4 is 10.3 Å². The van der Waals surface area contributed by atoms with Crippen LogP contribution in [0, 0.1) is 19.7 Å². The number of rotatable bonds is 2. The van der Waals surface area contributed by atoms with Crippen molar-refractivity contribution in [2.45, 2.75) is 13.8 Å². The zero-order valence-corrected chi connectivity index (χ0v) is 12.8. The van der Waals surface area contributed by atoms with Crippen molar-refractivity contribution in [2.75, 3.05) is 0 Å². The van der Waals surface area contributed by atoms with Crippen LogP contribution in [0.5, 0.6) is 11.6 Å². The van der Waals surface area contributed by atoms with Crippen molar-refractivity contribution < 1.29 is 9.13 Å². The second-order valence-corrected chi connectivity index (χ2v) is 5.29. The van der Waals surface area contributed by atoms with Gasteiger partial charge in [0.1, 0.15) is 5.39 Å². The van der Waals surface area contributed by atoms with Gasteiger partial charge in [0.2, 0.25) is 5.88 Å². The first-order valence-corrected chi connectivity index (χ1v) is 6.81. The van der Waals surface area contributed by atoms with Crippen LogP contribution in [0.2, 0.25) is 5.15 Å². The Hall–Kier alpha value is -2.41. The maximum Gasteiger partial charge on any atom is 0.261 e. The molecule has 0 aromatic carbocycles. The summed E-state index contributed by atoms with van der Waals surface area (Å²) >= 11 is 5.84. The van der Waals surface area contributed by atoms with E-state index in [-0.39, 0.29) is 21.8 Å². The summed E-state index contributed by atoms with van der Waals surface area (Å²) in [4.78, 5) is 18.7. The number of nitrogens with zero attached hydrogens (tertiary/aromatic N) is 3. The first kappa shape index (κ1) is 14.5. The van der Waals surface area contributed by atoms with Gasteiger partial charge >= 0.3 is 0 Å². The van der Waals surface area contributed by atoms with E-state index in [1.54, 1.807) is 27.1 Å². The maximum absolute atomic E-state index is 14.3. The molecule has 0 aliphatic rings. The second-order valence-electron chi connectivity index (χ2n) is 4.93. The molecule has 3 rings (SSSR count). The highest BCUT2D eigenvalue weighted by Gasteiger charge is 2.20. The Morgan fingerprint density at radius 1 is 1.36 bits per heavy atom. The van der Waals surface area contributed by atoms with E-state index in [2.05, 4.69) is 15.1 Å². The SMILES string of the molecule is Cc1[nH]c(=O)c2c(Oc3cnn(C)c3)nc(Cl)c(F)c2c1C. The third-order valence-corrected chi connectivity index (χ3v) is 3.68. The lowest BCUT2D eigenvalue weighted by molar-refractivity contribution is 0.465. The highest BCUT2D eigenvalue weighted by Crippen LogP contribution is 2.32. The molecule has 0 aliphatic carbocycles. The van der Waals surface area contributed by atoms with Crippen LogP contribution in [0.25, 0.3) is 10.8 Å². The molecule has 0 spiro atoms. The minimum absolute atomic E-state index is 0.0221. The van der Waals surface area contributed by atoms with Crippen molar-refractivity contribution in [1.82, 2.24) is 19.7 Å². The molecule has 0 atom stereocenters. The summed E-state index contributed by atoms with van der Waals surface area (Å²) in [5, 5.41) is 3.74. The molecule has 114 valence electrons. The predicted octanol–water partition coefficient (Wildman–Crippen LogP) is 2.86. The van der Waals surface area contributed by atoms with Crippen LogP contribution in [-0.2, 0) is 7.05 Å². The summed E-state index contributed by atoms with van der Waals surface area (Å²) in [7, 11) is 1.72. The Morgan fingerprint density at radius 2 is 2.09 bits per heavy atom. The third-order valence-electron chi connectivity index (χ3n) is 3.43. The molecule has 3 aromatic heterocycles. The molecule has 6 nitrogen and oxygen atoms in total. The Kier molecular flexibility index (Phi) is 3.37. The highest BCUT2D eigenvalue weighted by molar-refractivity contribution is 6.30. The Labute approximate surface area is 129 Å². The minimum Gasteiger partial charge on any atom is -0.435 e. The van der Waals surface area contributed by atoms with Gasteiger partial charge in [-0.05, 0) is 19.4 Å². The smallest absolute Gasteiger partial charge is 0.261 e. The second kappa shape index (κ2) is 5.10. The zero-order chi connectivity index (χ0) is 16.0. The van der Waals surface area contributed by atoms with Gasteiger partial charge in [-0.25, -0.2) is 4.39 Å². The summed E-state index contributed by atoms with van der Waals surface area (Å²) < 4.78 is 21.4. The summed E-state index contributed by atoms with van der Waals surface area (Å²) in [6.45, 7) is 3.38. The average Bonchev–Trinajstić information content (AvgIpc) is 2.85. The molecule has 0 saturated carbocycles. The van der Waals surface area contributed by atoms with Crippen molar-refractivity contribution in [3.63, 3.8) is 0 Å². The lowest BCUT2D eigenvalue weighted by Crippen LogP contribution is -2.12. The molecule has 0 amide bonds. The molecule has 1 N–H and O–H groups in total. The van der Waals surface area contributed by atoms with Crippen LogP contribution >= 0.6 is 11.6 Å². The first-order chi connectivity index (χ1) is 10.4. The van der Waals surface area contributed by atoms with Gasteiger partial charge in [0, 0.05) is 18.1 Å². The molecule has 0 aliphatic heterocycles. The van der Waals surface area contributed by atoms with Crippen LogP contribution in [0.4, 0.5) is 4.39 Å². The highest BCUT2D eigenvalue weighted by atomic mass is 35.5. The number of aromatic amines is 1. The predicted molar refractivity (Wildman–Crippen MR) is 80.1 cm³/mol. The quantitative estimate of drug-likeness (QED) is 0.736. The van der Waals surface area contributed by atoms with Crippen LogP contribution in [0.1, 0.15) is 11.3 Å². The number of fused-ring (bicyclic) bond motifs is 1. The van der Waals surface area contributed by atoms with E-state index in [4.69, 9.17) is 16.3 Å². The summed E-state index contributed by atoms with van der Waals surface area (Å²) in [5.74, 6) is -0.419. The summed E-state index contributed by atoms with van der Waals surface area (Å²) in [6, 6.07) is 0. The van der Waals surface area contributed by atoms with Crippen molar-refractivity contribution in [2.24, 2.45) is 7.05 Å². The van der Waals surface area contributed by atoms with Crippen molar-refractivity contribution >= 4 is 22.4 Å². The van der Waals surface area contributed by atoms with Crippen LogP contribution in [-0.4, -0.2) is 19.7 Å². The van der Waals surface area contributed by atoms with Crippen molar-refractivity contribution in [3.05, 3.63) is 45.0 Å². The fourth-order valence-electron chi connectivity index (χ4n) is 2.23. The molecular weight excluding hydrogens is 311 g/mol. The number of H-pyrrole nitrogens is 1. The van der Waals surface area contributed by atoms with E-state index in [1.807, 2.05) is 0 Å². The average molecular weight is 323 g/mol. The molecule has 22 heavy (non-hydrogen) atoms.